The summed E-state index contributed by atoms with van der Waals surface area (Å²) in [4.78, 5) is 1.43. The Hall–Kier alpha value is -1.93. The van der Waals surface area contributed by atoms with Gasteiger partial charge >= 0.3 is 0 Å². The third-order valence-corrected chi connectivity index (χ3v) is 2.87. The van der Waals surface area contributed by atoms with Crippen LogP contribution in [0, 0.1) is 6.92 Å². The first kappa shape index (κ1) is 13.5. The molecule has 8 nitrogen and oxygen atoms in total. The van der Waals surface area contributed by atoms with Crippen molar-refractivity contribution < 1.29 is 0 Å². The number of aryl methyl sites for hydroxylation is 3. The SMILES string of the molecule is CCc1nnc(C)cc1C(Cc1nnn(C)n1)NN. The smallest absolute Gasteiger partial charge is 0.176 e. The van der Waals surface area contributed by atoms with Crippen LogP contribution in [0.2, 0.25) is 0 Å². The molecule has 102 valence electrons. The minimum absolute atomic E-state index is 0.103. The Kier molecular flexibility index (Phi) is 4.13. The maximum Gasteiger partial charge on any atom is 0.176 e. The predicted molar refractivity (Wildman–Crippen MR) is 68.7 cm³/mol. The molecule has 0 saturated heterocycles. The quantitative estimate of drug-likeness (QED) is 0.558. The third-order valence-electron chi connectivity index (χ3n) is 2.87. The first-order valence-corrected chi connectivity index (χ1v) is 6.16. The summed E-state index contributed by atoms with van der Waals surface area (Å²) >= 11 is 0. The van der Waals surface area contributed by atoms with Crippen LogP contribution in [0.25, 0.3) is 0 Å². The molecule has 0 radical (unpaired) electrons. The lowest BCUT2D eigenvalue weighted by atomic mass is 10.0. The molecule has 2 aromatic rings. The standard InChI is InChI=1S/C11H18N8/c1-4-9-8(5-7(2)14-15-9)10(13-12)6-11-16-18-19(3)17-11/h5,10,13H,4,6,12H2,1-3H3. The summed E-state index contributed by atoms with van der Waals surface area (Å²) < 4.78 is 0. The Labute approximate surface area is 111 Å². The first-order chi connectivity index (χ1) is 9.13. The molecule has 0 fully saturated rings. The molecule has 19 heavy (non-hydrogen) atoms. The Morgan fingerprint density at radius 2 is 2.16 bits per heavy atom. The molecule has 0 aliphatic heterocycles. The van der Waals surface area contributed by atoms with Gasteiger partial charge in [-0.05, 0) is 30.2 Å². The molecule has 2 heterocycles. The molecule has 0 aliphatic rings. The second-order valence-corrected chi connectivity index (χ2v) is 4.36. The van der Waals surface area contributed by atoms with Crippen LogP contribution in [0.15, 0.2) is 6.07 Å². The number of rotatable bonds is 5. The monoisotopic (exact) mass is 262 g/mol. The van der Waals surface area contributed by atoms with Crippen LogP contribution in [-0.4, -0.2) is 30.4 Å². The first-order valence-electron chi connectivity index (χ1n) is 6.16. The minimum atomic E-state index is -0.103. The summed E-state index contributed by atoms with van der Waals surface area (Å²) in [7, 11) is 1.73. The van der Waals surface area contributed by atoms with Gasteiger partial charge in [-0.3, -0.25) is 11.3 Å². The van der Waals surface area contributed by atoms with E-state index in [4.69, 9.17) is 5.84 Å². The number of hydrogen-bond donors (Lipinski definition) is 2. The highest BCUT2D eigenvalue weighted by Gasteiger charge is 2.18. The average molecular weight is 262 g/mol. The van der Waals surface area contributed by atoms with Crippen LogP contribution in [0.5, 0.6) is 0 Å². The second-order valence-electron chi connectivity index (χ2n) is 4.36. The van der Waals surface area contributed by atoms with Crippen molar-refractivity contribution >= 4 is 0 Å². The maximum absolute atomic E-state index is 5.65. The van der Waals surface area contributed by atoms with Gasteiger partial charge in [-0.15, -0.1) is 10.2 Å². The van der Waals surface area contributed by atoms with Crippen LogP contribution in [0.1, 0.15) is 35.7 Å². The fraction of sp³-hybridized carbons (Fsp3) is 0.545. The summed E-state index contributed by atoms with van der Waals surface area (Å²) in [6.45, 7) is 3.95. The summed E-state index contributed by atoms with van der Waals surface area (Å²) in [5.74, 6) is 6.29. The highest BCUT2D eigenvalue weighted by molar-refractivity contribution is 5.25. The van der Waals surface area contributed by atoms with Gasteiger partial charge < -0.3 is 0 Å². The van der Waals surface area contributed by atoms with E-state index >= 15 is 0 Å². The van der Waals surface area contributed by atoms with Gasteiger partial charge in [0.1, 0.15) is 0 Å². The van der Waals surface area contributed by atoms with Crippen molar-refractivity contribution in [3.05, 3.63) is 28.8 Å². The van der Waals surface area contributed by atoms with Gasteiger partial charge in [-0.1, -0.05) is 6.92 Å². The topological polar surface area (TPSA) is 107 Å². The van der Waals surface area contributed by atoms with Crippen molar-refractivity contribution in [2.75, 3.05) is 0 Å². The van der Waals surface area contributed by atoms with Crippen LogP contribution >= 0.6 is 0 Å². The molecule has 3 N–H and O–H groups in total. The van der Waals surface area contributed by atoms with E-state index in [2.05, 4.69) is 31.0 Å². The van der Waals surface area contributed by atoms with E-state index in [-0.39, 0.29) is 6.04 Å². The average Bonchev–Trinajstić information content (AvgIpc) is 2.81. The molecule has 2 aromatic heterocycles. The molecular weight excluding hydrogens is 244 g/mol. The van der Waals surface area contributed by atoms with E-state index in [0.29, 0.717) is 12.2 Å². The molecule has 0 bridgehead atoms. The number of aromatic nitrogens is 6. The number of nitrogens with one attached hydrogen (secondary N) is 1. The summed E-state index contributed by atoms with van der Waals surface area (Å²) in [6, 6.07) is 1.89. The lowest BCUT2D eigenvalue weighted by Gasteiger charge is -2.17. The van der Waals surface area contributed by atoms with E-state index < -0.39 is 0 Å². The Morgan fingerprint density at radius 1 is 1.37 bits per heavy atom. The number of hydrogen-bond acceptors (Lipinski definition) is 7. The van der Waals surface area contributed by atoms with E-state index in [0.717, 1.165) is 23.4 Å². The molecule has 8 heteroatoms. The molecular formula is C11H18N8. The molecule has 1 atom stereocenters. The van der Waals surface area contributed by atoms with Gasteiger partial charge in [0.2, 0.25) is 0 Å². The maximum atomic E-state index is 5.65. The highest BCUT2D eigenvalue weighted by atomic mass is 15.6. The van der Waals surface area contributed by atoms with Crippen molar-refractivity contribution in [2.24, 2.45) is 12.9 Å². The Morgan fingerprint density at radius 3 is 2.74 bits per heavy atom. The molecule has 0 spiro atoms. The lowest BCUT2D eigenvalue weighted by Crippen LogP contribution is -2.31. The van der Waals surface area contributed by atoms with Gasteiger partial charge in [0.15, 0.2) is 5.82 Å². The van der Waals surface area contributed by atoms with Gasteiger partial charge in [0.25, 0.3) is 0 Å². The summed E-state index contributed by atoms with van der Waals surface area (Å²) in [5.41, 5.74) is 5.61. The summed E-state index contributed by atoms with van der Waals surface area (Å²) in [5, 5.41) is 20.2. The normalized spacial score (nSPS) is 12.6. The molecule has 0 saturated carbocycles. The highest BCUT2D eigenvalue weighted by Crippen LogP contribution is 2.19. The van der Waals surface area contributed by atoms with E-state index in [1.165, 1.54) is 4.80 Å². The zero-order valence-electron chi connectivity index (χ0n) is 11.3. The largest absolute Gasteiger partial charge is 0.271 e. The fourth-order valence-corrected chi connectivity index (χ4v) is 1.96. The van der Waals surface area contributed by atoms with Crippen molar-refractivity contribution in [3.63, 3.8) is 0 Å². The molecule has 2 rings (SSSR count). The van der Waals surface area contributed by atoms with Crippen LogP contribution in [0.4, 0.5) is 0 Å². The molecule has 0 aromatic carbocycles. The van der Waals surface area contributed by atoms with E-state index in [1.807, 2.05) is 19.9 Å². The van der Waals surface area contributed by atoms with Gasteiger partial charge in [0.05, 0.1) is 24.5 Å². The van der Waals surface area contributed by atoms with E-state index in [1.54, 1.807) is 7.05 Å². The molecule has 0 aliphatic carbocycles. The van der Waals surface area contributed by atoms with Crippen molar-refractivity contribution in [3.8, 4) is 0 Å². The second kappa shape index (κ2) is 5.81. The zero-order chi connectivity index (χ0) is 13.8. The van der Waals surface area contributed by atoms with Crippen molar-refractivity contribution in [2.45, 2.75) is 32.7 Å². The number of nitrogens with zero attached hydrogens (tertiary/aromatic N) is 6. The molecule has 1 unspecified atom stereocenters. The minimum Gasteiger partial charge on any atom is -0.271 e. The predicted octanol–water partition coefficient (Wildman–Crippen LogP) is -0.382. The van der Waals surface area contributed by atoms with Gasteiger partial charge in [-0.2, -0.15) is 15.0 Å². The van der Waals surface area contributed by atoms with Gasteiger partial charge in [-0.25, -0.2) is 0 Å². The number of hydrazine groups is 1. The Bertz CT molecular complexity index is 549. The van der Waals surface area contributed by atoms with Crippen LogP contribution < -0.4 is 11.3 Å². The van der Waals surface area contributed by atoms with Crippen LogP contribution in [-0.2, 0) is 19.9 Å². The Balaban J connectivity index is 2.28. The van der Waals surface area contributed by atoms with Crippen molar-refractivity contribution in [1.82, 2.24) is 35.8 Å². The fourth-order valence-electron chi connectivity index (χ4n) is 1.96. The van der Waals surface area contributed by atoms with Gasteiger partial charge in [0, 0.05) is 6.42 Å². The molecule has 0 amide bonds. The van der Waals surface area contributed by atoms with E-state index in [9.17, 15) is 0 Å². The van der Waals surface area contributed by atoms with Crippen LogP contribution in [0.3, 0.4) is 0 Å². The summed E-state index contributed by atoms with van der Waals surface area (Å²) in [6.07, 6.45) is 1.36. The number of tetrazole rings is 1. The zero-order valence-corrected chi connectivity index (χ0v) is 11.3. The van der Waals surface area contributed by atoms with Crippen molar-refractivity contribution in [1.29, 1.82) is 0 Å². The number of nitrogens with two attached hydrogens (primary N) is 1. The third kappa shape index (κ3) is 3.09. The lowest BCUT2D eigenvalue weighted by molar-refractivity contribution is 0.527.